The summed E-state index contributed by atoms with van der Waals surface area (Å²) in [4.78, 5) is 0.527. The van der Waals surface area contributed by atoms with Crippen LogP contribution in [0.2, 0.25) is 0 Å². The molecule has 0 aliphatic carbocycles. The number of hydrogen-bond donors (Lipinski definition) is 1. The fourth-order valence-electron chi connectivity index (χ4n) is 3.02. The SMILES string of the molecule is Cc1ccc(C(N)=S)cc1S(=O)(=O)N1[C@H](C)CCC[C@@H]1C. The van der Waals surface area contributed by atoms with Crippen molar-refractivity contribution in [3.8, 4) is 0 Å². The van der Waals surface area contributed by atoms with Gasteiger partial charge in [0.25, 0.3) is 0 Å². The molecule has 21 heavy (non-hydrogen) atoms. The minimum Gasteiger partial charge on any atom is -0.389 e. The number of sulfonamides is 1. The summed E-state index contributed by atoms with van der Waals surface area (Å²) in [6.45, 7) is 5.75. The van der Waals surface area contributed by atoms with Crippen LogP contribution in [0.1, 0.15) is 44.2 Å². The Morgan fingerprint density at radius 1 is 1.29 bits per heavy atom. The largest absolute Gasteiger partial charge is 0.389 e. The Morgan fingerprint density at radius 2 is 1.86 bits per heavy atom. The minimum absolute atomic E-state index is 0.0200. The van der Waals surface area contributed by atoms with E-state index in [1.165, 1.54) is 0 Å². The van der Waals surface area contributed by atoms with Gasteiger partial charge in [-0.15, -0.1) is 0 Å². The Morgan fingerprint density at radius 3 is 2.38 bits per heavy atom. The first-order chi connectivity index (χ1) is 9.75. The van der Waals surface area contributed by atoms with Crippen LogP contribution in [-0.4, -0.2) is 29.8 Å². The van der Waals surface area contributed by atoms with Crippen LogP contribution in [-0.2, 0) is 10.0 Å². The molecule has 6 heteroatoms. The predicted octanol–water partition coefficient (Wildman–Crippen LogP) is 2.58. The molecular formula is C15H22N2O2S2. The van der Waals surface area contributed by atoms with Crippen LogP contribution in [0, 0.1) is 6.92 Å². The zero-order chi connectivity index (χ0) is 15.8. The number of piperidine rings is 1. The molecule has 1 aliphatic heterocycles. The molecule has 1 aliphatic rings. The van der Waals surface area contributed by atoms with Crippen molar-refractivity contribution >= 4 is 27.2 Å². The van der Waals surface area contributed by atoms with Gasteiger partial charge in [-0.25, -0.2) is 8.42 Å². The molecule has 0 amide bonds. The van der Waals surface area contributed by atoms with Crippen molar-refractivity contribution in [1.29, 1.82) is 0 Å². The van der Waals surface area contributed by atoms with E-state index in [0.717, 1.165) is 24.8 Å². The summed E-state index contributed by atoms with van der Waals surface area (Å²) in [6.07, 6.45) is 2.87. The van der Waals surface area contributed by atoms with Gasteiger partial charge in [-0.05, 0) is 45.2 Å². The average Bonchev–Trinajstić information content (AvgIpc) is 2.38. The van der Waals surface area contributed by atoms with Gasteiger partial charge in [0, 0.05) is 17.6 Å². The molecule has 1 fully saturated rings. The Balaban J connectivity index is 2.53. The Kier molecular flexibility index (Phi) is 4.70. The highest BCUT2D eigenvalue weighted by Gasteiger charge is 2.36. The van der Waals surface area contributed by atoms with Crippen molar-refractivity contribution in [3.63, 3.8) is 0 Å². The van der Waals surface area contributed by atoms with E-state index in [0.29, 0.717) is 10.5 Å². The maximum absolute atomic E-state index is 13.0. The van der Waals surface area contributed by atoms with Crippen molar-refractivity contribution in [2.75, 3.05) is 0 Å². The number of nitrogens with zero attached hydrogens (tertiary/aromatic N) is 1. The standard InChI is InChI=1S/C15H22N2O2S2/c1-10-7-8-13(15(16)20)9-14(10)21(18,19)17-11(2)5-4-6-12(17)3/h7-9,11-12H,4-6H2,1-3H3,(H2,16,20)/t11-,12+. The Hall–Kier alpha value is -0.980. The molecule has 1 saturated heterocycles. The molecule has 0 saturated carbocycles. The summed E-state index contributed by atoms with van der Waals surface area (Å²) in [5, 5.41) is 0. The second-order valence-electron chi connectivity index (χ2n) is 5.81. The van der Waals surface area contributed by atoms with E-state index in [-0.39, 0.29) is 17.1 Å². The molecule has 1 aromatic carbocycles. The summed E-state index contributed by atoms with van der Waals surface area (Å²) in [6, 6.07) is 5.17. The lowest BCUT2D eigenvalue weighted by atomic mass is 10.0. The first-order valence-corrected chi connectivity index (χ1v) is 9.04. The fourth-order valence-corrected chi connectivity index (χ4v) is 5.28. The van der Waals surface area contributed by atoms with E-state index in [1.54, 1.807) is 29.4 Å². The molecule has 0 aromatic heterocycles. The van der Waals surface area contributed by atoms with E-state index < -0.39 is 10.0 Å². The average molecular weight is 326 g/mol. The second kappa shape index (κ2) is 6.02. The van der Waals surface area contributed by atoms with Crippen LogP contribution in [0.4, 0.5) is 0 Å². The van der Waals surface area contributed by atoms with E-state index in [9.17, 15) is 8.42 Å². The zero-order valence-electron chi connectivity index (χ0n) is 12.7. The monoisotopic (exact) mass is 326 g/mol. The first-order valence-electron chi connectivity index (χ1n) is 7.19. The number of rotatable bonds is 3. The summed E-state index contributed by atoms with van der Waals surface area (Å²) >= 11 is 4.96. The van der Waals surface area contributed by atoms with Crippen molar-refractivity contribution < 1.29 is 8.42 Å². The van der Waals surface area contributed by atoms with Gasteiger partial charge in [-0.1, -0.05) is 30.8 Å². The minimum atomic E-state index is -3.53. The van der Waals surface area contributed by atoms with Crippen LogP contribution in [0.15, 0.2) is 23.1 Å². The third-order valence-corrected chi connectivity index (χ3v) is 6.65. The molecule has 2 N–H and O–H groups in total. The van der Waals surface area contributed by atoms with Crippen molar-refractivity contribution in [2.45, 2.75) is 57.0 Å². The topological polar surface area (TPSA) is 63.4 Å². The number of hydrogen-bond acceptors (Lipinski definition) is 3. The van der Waals surface area contributed by atoms with E-state index >= 15 is 0 Å². The van der Waals surface area contributed by atoms with E-state index in [1.807, 2.05) is 13.8 Å². The molecule has 0 bridgehead atoms. The van der Waals surface area contributed by atoms with E-state index in [4.69, 9.17) is 18.0 Å². The number of nitrogens with two attached hydrogens (primary N) is 1. The number of aryl methyl sites for hydroxylation is 1. The van der Waals surface area contributed by atoms with Gasteiger partial charge in [0.2, 0.25) is 10.0 Å². The Labute approximate surface area is 132 Å². The van der Waals surface area contributed by atoms with Gasteiger partial charge in [0.15, 0.2) is 0 Å². The molecular weight excluding hydrogens is 304 g/mol. The van der Waals surface area contributed by atoms with Gasteiger partial charge in [0.1, 0.15) is 4.99 Å². The molecule has 2 rings (SSSR count). The van der Waals surface area contributed by atoms with Crippen molar-refractivity contribution in [1.82, 2.24) is 4.31 Å². The van der Waals surface area contributed by atoms with E-state index in [2.05, 4.69) is 0 Å². The molecule has 4 nitrogen and oxygen atoms in total. The number of benzene rings is 1. The van der Waals surface area contributed by atoms with Crippen LogP contribution < -0.4 is 5.73 Å². The lowest BCUT2D eigenvalue weighted by Gasteiger charge is -2.38. The summed E-state index contributed by atoms with van der Waals surface area (Å²) in [5.41, 5.74) is 6.94. The molecule has 2 atom stereocenters. The van der Waals surface area contributed by atoms with Gasteiger partial charge in [-0.2, -0.15) is 4.31 Å². The summed E-state index contributed by atoms with van der Waals surface area (Å²) in [5.74, 6) is 0. The smallest absolute Gasteiger partial charge is 0.243 e. The van der Waals surface area contributed by atoms with Crippen molar-refractivity contribution in [2.24, 2.45) is 5.73 Å². The highest BCUT2D eigenvalue weighted by Crippen LogP contribution is 2.31. The van der Waals surface area contributed by atoms with Gasteiger partial charge in [-0.3, -0.25) is 0 Å². The highest BCUT2D eigenvalue weighted by molar-refractivity contribution is 7.89. The molecule has 0 spiro atoms. The predicted molar refractivity (Wildman–Crippen MR) is 88.9 cm³/mol. The quantitative estimate of drug-likeness (QED) is 0.867. The van der Waals surface area contributed by atoms with Crippen LogP contribution in [0.3, 0.4) is 0 Å². The van der Waals surface area contributed by atoms with Crippen LogP contribution in [0.5, 0.6) is 0 Å². The third-order valence-electron chi connectivity index (χ3n) is 4.14. The maximum atomic E-state index is 13.0. The first kappa shape index (κ1) is 16.4. The summed E-state index contributed by atoms with van der Waals surface area (Å²) < 4.78 is 27.7. The van der Waals surface area contributed by atoms with Crippen LogP contribution in [0.25, 0.3) is 0 Å². The number of thiocarbonyl (C=S) groups is 1. The normalized spacial score (nSPS) is 24.0. The fraction of sp³-hybridized carbons (Fsp3) is 0.533. The molecule has 1 heterocycles. The molecule has 0 radical (unpaired) electrons. The molecule has 116 valence electrons. The molecule has 1 aromatic rings. The van der Waals surface area contributed by atoms with Gasteiger partial charge >= 0.3 is 0 Å². The zero-order valence-corrected chi connectivity index (χ0v) is 14.3. The second-order valence-corrected chi connectivity index (χ2v) is 8.06. The Bertz CT molecular complexity index is 646. The lowest BCUT2D eigenvalue weighted by Crippen LogP contribution is -2.47. The highest BCUT2D eigenvalue weighted by atomic mass is 32.2. The van der Waals surface area contributed by atoms with Gasteiger partial charge < -0.3 is 5.73 Å². The lowest BCUT2D eigenvalue weighted by molar-refractivity contribution is 0.204. The summed E-state index contributed by atoms with van der Waals surface area (Å²) in [7, 11) is -3.53. The van der Waals surface area contributed by atoms with Gasteiger partial charge in [0.05, 0.1) is 4.90 Å². The molecule has 0 unspecified atom stereocenters. The third kappa shape index (κ3) is 3.12. The maximum Gasteiger partial charge on any atom is 0.243 e. The van der Waals surface area contributed by atoms with Crippen LogP contribution >= 0.6 is 12.2 Å². The van der Waals surface area contributed by atoms with Crippen molar-refractivity contribution in [3.05, 3.63) is 29.3 Å².